The molecule has 11 heteroatoms. The zero-order valence-electron chi connectivity index (χ0n) is 25.0. The molecule has 0 amide bonds. The average molecular weight is 576 g/mol. The third-order valence-corrected chi connectivity index (χ3v) is 17.2. The third-order valence-electron chi connectivity index (χ3n) is 8.27. The summed E-state index contributed by atoms with van der Waals surface area (Å²) in [6.07, 6.45) is -1.16. The summed E-state index contributed by atoms with van der Waals surface area (Å²) in [6, 6.07) is 10.4. The van der Waals surface area contributed by atoms with Crippen LogP contribution in [0.5, 0.6) is 0 Å². The Hall–Kier alpha value is -2.32. The van der Waals surface area contributed by atoms with Crippen LogP contribution in [-0.4, -0.2) is 57.1 Å². The molecule has 1 aliphatic heterocycles. The molecular weight excluding hydrogens is 530 g/mol. The quantitative estimate of drug-likeness (QED) is 0.330. The van der Waals surface area contributed by atoms with Crippen LogP contribution in [-0.2, 0) is 18.3 Å². The number of rotatable bonds is 8. The molecule has 2 heterocycles. The van der Waals surface area contributed by atoms with Gasteiger partial charge in [0.05, 0.1) is 5.56 Å². The highest BCUT2D eigenvalue weighted by atomic mass is 28.4. The molecular formula is C28H45N3O6Si2. The number of hydrogen-bond donors (Lipinski definition) is 1. The molecule has 0 spiro atoms. The van der Waals surface area contributed by atoms with Gasteiger partial charge in [0.25, 0.3) is 0 Å². The number of carbonyl (C=O) groups is 1. The number of hydrogen-bond acceptors (Lipinski definition) is 8. The second-order valence-electron chi connectivity index (χ2n) is 13.3. The van der Waals surface area contributed by atoms with Gasteiger partial charge in [-0.3, -0.25) is 4.57 Å². The van der Waals surface area contributed by atoms with Crippen LogP contribution in [0.4, 0.5) is 5.82 Å². The van der Waals surface area contributed by atoms with Crippen LogP contribution in [0.2, 0.25) is 36.3 Å². The fourth-order valence-electron chi connectivity index (χ4n) is 3.80. The van der Waals surface area contributed by atoms with E-state index in [0.717, 1.165) is 0 Å². The molecule has 1 saturated heterocycles. The number of anilines is 1. The van der Waals surface area contributed by atoms with Crippen LogP contribution in [0.3, 0.4) is 0 Å². The Labute approximate surface area is 234 Å². The molecule has 0 unspecified atom stereocenters. The van der Waals surface area contributed by atoms with Crippen molar-refractivity contribution in [1.29, 1.82) is 0 Å². The average Bonchev–Trinajstić information content (AvgIpc) is 3.12. The highest BCUT2D eigenvalue weighted by Gasteiger charge is 2.54. The van der Waals surface area contributed by atoms with E-state index in [1.54, 1.807) is 36.5 Å². The summed E-state index contributed by atoms with van der Waals surface area (Å²) in [6.45, 7) is 21.5. The monoisotopic (exact) mass is 575 g/mol. The van der Waals surface area contributed by atoms with Crippen molar-refractivity contribution in [3.8, 4) is 0 Å². The molecule has 1 aromatic heterocycles. The number of aromatic nitrogens is 2. The van der Waals surface area contributed by atoms with E-state index in [0.29, 0.717) is 5.56 Å². The molecule has 2 N–H and O–H groups in total. The van der Waals surface area contributed by atoms with Gasteiger partial charge in [0.15, 0.2) is 22.9 Å². The molecule has 0 radical (unpaired) electrons. The van der Waals surface area contributed by atoms with Crippen LogP contribution in [0.1, 0.15) is 58.1 Å². The van der Waals surface area contributed by atoms with E-state index in [4.69, 9.17) is 24.1 Å². The second-order valence-corrected chi connectivity index (χ2v) is 22.8. The fourth-order valence-corrected chi connectivity index (χ4v) is 6.41. The first-order valence-electron chi connectivity index (χ1n) is 13.4. The summed E-state index contributed by atoms with van der Waals surface area (Å²) in [7, 11) is -4.73. The van der Waals surface area contributed by atoms with E-state index in [1.807, 2.05) is 6.07 Å². The first-order valence-corrected chi connectivity index (χ1v) is 19.2. The van der Waals surface area contributed by atoms with Gasteiger partial charge in [0, 0.05) is 6.20 Å². The van der Waals surface area contributed by atoms with Crippen LogP contribution >= 0.6 is 0 Å². The van der Waals surface area contributed by atoms with E-state index >= 15 is 0 Å². The van der Waals surface area contributed by atoms with Crippen molar-refractivity contribution in [1.82, 2.24) is 9.55 Å². The molecule has 0 aliphatic carbocycles. The van der Waals surface area contributed by atoms with Crippen molar-refractivity contribution >= 4 is 28.4 Å². The molecule has 0 bridgehead atoms. The maximum atomic E-state index is 13.0. The smallest absolute Gasteiger partial charge is 0.351 e. The van der Waals surface area contributed by atoms with Crippen LogP contribution in [0, 0.1) is 0 Å². The van der Waals surface area contributed by atoms with Crippen molar-refractivity contribution in [2.24, 2.45) is 0 Å². The lowest BCUT2D eigenvalue weighted by atomic mass is 10.1. The van der Waals surface area contributed by atoms with Gasteiger partial charge in [-0.05, 0) is 54.5 Å². The largest absolute Gasteiger partial charge is 0.459 e. The molecule has 1 aromatic carbocycles. The molecule has 1 aliphatic rings. The first-order chi connectivity index (χ1) is 17.8. The Morgan fingerprint density at radius 3 is 2.00 bits per heavy atom. The Bertz CT molecular complexity index is 1200. The Kier molecular flexibility index (Phi) is 9.03. The van der Waals surface area contributed by atoms with E-state index in [-0.39, 0.29) is 22.5 Å². The van der Waals surface area contributed by atoms with Crippen molar-refractivity contribution in [2.75, 3.05) is 12.3 Å². The zero-order valence-corrected chi connectivity index (χ0v) is 27.0. The van der Waals surface area contributed by atoms with Gasteiger partial charge in [-0.15, -0.1) is 0 Å². The number of esters is 1. The SMILES string of the molecule is CC(C)(C)[Si](C)(C)O[C@@H]1[C@H](O[Si](C)(C)C(C)(C)C)[C@H](n2ccc(N)nc2=O)O[C@@H]1COC(=O)c1ccccc1. The normalized spacial score (nSPS) is 22.6. The van der Waals surface area contributed by atoms with Crippen LogP contribution < -0.4 is 11.4 Å². The summed E-state index contributed by atoms with van der Waals surface area (Å²) in [5, 5.41) is -0.210. The van der Waals surface area contributed by atoms with E-state index in [2.05, 4.69) is 72.7 Å². The molecule has 2 aromatic rings. The van der Waals surface area contributed by atoms with E-state index < -0.39 is 52.8 Å². The van der Waals surface area contributed by atoms with Gasteiger partial charge < -0.3 is 24.1 Å². The number of ether oxygens (including phenoxy) is 2. The minimum atomic E-state index is -2.38. The predicted molar refractivity (Wildman–Crippen MR) is 158 cm³/mol. The summed E-state index contributed by atoms with van der Waals surface area (Å²) >= 11 is 0. The van der Waals surface area contributed by atoms with Crippen molar-refractivity contribution in [3.63, 3.8) is 0 Å². The Balaban J connectivity index is 2.06. The molecule has 1 fully saturated rings. The zero-order chi connectivity index (χ0) is 29.4. The molecule has 216 valence electrons. The first kappa shape index (κ1) is 31.2. The van der Waals surface area contributed by atoms with Gasteiger partial charge in [0.2, 0.25) is 0 Å². The number of carbonyl (C=O) groups excluding carboxylic acids is 1. The third kappa shape index (κ3) is 7.07. The van der Waals surface area contributed by atoms with Crippen LogP contribution in [0.25, 0.3) is 0 Å². The van der Waals surface area contributed by atoms with Crippen LogP contribution in [0.15, 0.2) is 47.4 Å². The topological polar surface area (TPSA) is 115 Å². The lowest BCUT2D eigenvalue weighted by molar-refractivity contribution is -0.0580. The molecule has 0 saturated carbocycles. The van der Waals surface area contributed by atoms with Gasteiger partial charge in [-0.1, -0.05) is 59.7 Å². The molecule has 3 rings (SSSR count). The summed E-state index contributed by atoms with van der Waals surface area (Å²) in [5.74, 6) is -0.333. The fraction of sp³-hybridized carbons (Fsp3) is 0.607. The second kappa shape index (κ2) is 11.3. The Morgan fingerprint density at radius 1 is 0.949 bits per heavy atom. The lowest BCUT2D eigenvalue weighted by Gasteiger charge is -2.44. The standard InChI is InChI=1S/C28H45N3O6Si2/c1-27(2,3)38(7,8)36-22-20(18-34-25(32)19-14-12-11-13-15-19)35-24(31-17-16-21(29)30-26(31)33)23(22)37-39(9,10)28(4,5)6/h11-17,20,22-24H,18H2,1-10H3,(H2,29,30,33)/t20-,22+,23+,24-/m1/s1. The number of benzene rings is 1. The van der Waals surface area contributed by atoms with E-state index in [1.165, 1.54) is 4.57 Å². The van der Waals surface area contributed by atoms with Crippen molar-refractivity contribution in [3.05, 3.63) is 58.6 Å². The van der Waals surface area contributed by atoms with Crippen molar-refractivity contribution in [2.45, 2.75) is 102 Å². The highest BCUT2D eigenvalue weighted by Crippen LogP contribution is 2.45. The number of nitrogens with two attached hydrogens (primary N) is 1. The number of nitrogen functional groups attached to an aromatic ring is 1. The number of nitrogens with zero attached hydrogens (tertiary/aromatic N) is 2. The summed E-state index contributed by atoms with van der Waals surface area (Å²) in [5.41, 5.74) is 5.68. The van der Waals surface area contributed by atoms with Gasteiger partial charge in [-0.2, -0.15) is 4.98 Å². The lowest BCUT2D eigenvalue weighted by Crippen LogP contribution is -2.54. The highest BCUT2D eigenvalue weighted by molar-refractivity contribution is 6.74. The minimum Gasteiger partial charge on any atom is -0.459 e. The predicted octanol–water partition coefficient (Wildman–Crippen LogP) is 5.36. The Morgan fingerprint density at radius 2 is 1.49 bits per heavy atom. The van der Waals surface area contributed by atoms with Gasteiger partial charge in [-0.25, -0.2) is 9.59 Å². The maximum Gasteiger partial charge on any atom is 0.351 e. The molecule has 4 atom stereocenters. The van der Waals surface area contributed by atoms with Gasteiger partial charge >= 0.3 is 11.7 Å². The molecule has 9 nitrogen and oxygen atoms in total. The van der Waals surface area contributed by atoms with E-state index in [9.17, 15) is 9.59 Å². The molecule has 39 heavy (non-hydrogen) atoms. The minimum absolute atomic E-state index is 0.0575. The summed E-state index contributed by atoms with van der Waals surface area (Å²) < 4.78 is 27.5. The maximum absolute atomic E-state index is 13.0. The van der Waals surface area contributed by atoms with Crippen molar-refractivity contribution < 1.29 is 23.1 Å². The van der Waals surface area contributed by atoms with Gasteiger partial charge in [0.1, 0.15) is 30.7 Å². The summed E-state index contributed by atoms with van der Waals surface area (Å²) in [4.78, 5) is 29.7.